The Kier molecular flexibility index (Phi) is 7.01. The van der Waals surface area contributed by atoms with Crippen LogP contribution in [0, 0.1) is 5.82 Å². The van der Waals surface area contributed by atoms with Gasteiger partial charge >= 0.3 is 5.97 Å². The number of anilines is 1. The highest BCUT2D eigenvalue weighted by Crippen LogP contribution is 2.16. The Morgan fingerprint density at radius 1 is 1.45 bits per heavy atom. The van der Waals surface area contributed by atoms with Gasteiger partial charge in [-0.25, -0.2) is 4.39 Å². The fourth-order valence-corrected chi connectivity index (χ4v) is 2.05. The van der Waals surface area contributed by atoms with Gasteiger partial charge in [0, 0.05) is 18.8 Å². The Labute approximate surface area is 119 Å². The maximum atomic E-state index is 13.2. The van der Waals surface area contributed by atoms with Crippen LogP contribution in [0.15, 0.2) is 24.3 Å². The molecule has 0 aliphatic heterocycles. The maximum absolute atomic E-state index is 13.2. The number of likely N-dealkylation sites (N-methyl/N-ethyl adjacent to an activating group) is 1. The van der Waals surface area contributed by atoms with Gasteiger partial charge in [0.1, 0.15) is 11.9 Å². The molecule has 5 heteroatoms. The molecule has 0 saturated heterocycles. The summed E-state index contributed by atoms with van der Waals surface area (Å²) in [5.41, 5.74) is 0.825. The predicted octanol–water partition coefficient (Wildman–Crippen LogP) is 2.19. The van der Waals surface area contributed by atoms with E-state index in [1.54, 1.807) is 20.0 Å². The van der Waals surface area contributed by atoms with Gasteiger partial charge < -0.3 is 15.0 Å². The van der Waals surface area contributed by atoms with Crippen molar-refractivity contribution < 1.29 is 13.9 Å². The second-order valence-corrected chi connectivity index (χ2v) is 4.44. The molecule has 1 N–H and O–H groups in total. The van der Waals surface area contributed by atoms with Gasteiger partial charge in [-0.2, -0.15) is 0 Å². The average Bonchev–Trinajstić information content (AvgIpc) is 2.44. The fourth-order valence-electron chi connectivity index (χ4n) is 2.05. The summed E-state index contributed by atoms with van der Waals surface area (Å²) in [4.78, 5) is 13.7. The van der Waals surface area contributed by atoms with E-state index < -0.39 is 0 Å². The lowest BCUT2D eigenvalue weighted by Gasteiger charge is -2.25. The van der Waals surface area contributed by atoms with E-state index in [4.69, 9.17) is 4.74 Å². The Morgan fingerprint density at radius 2 is 2.20 bits per heavy atom. The van der Waals surface area contributed by atoms with Crippen LogP contribution in [0.4, 0.5) is 10.1 Å². The Bertz CT molecular complexity index is 426. The first-order chi connectivity index (χ1) is 9.62. The lowest BCUT2D eigenvalue weighted by Crippen LogP contribution is -2.39. The van der Waals surface area contributed by atoms with Crippen LogP contribution in [0.3, 0.4) is 0 Å². The molecule has 4 nitrogen and oxygen atoms in total. The van der Waals surface area contributed by atoms with Crippen LogP contribution in [-0.2, 0) is 9.53 Å². The number of hydrogen-bond acceptors (Lipinski definition) is 4. The Morgan fingerprint density at radius 3 is 2.75 bits per heavy atom. The van der Waals surface area contributed by atoms with E-state index in [1.807, 2.05) is 17.9 Å². The van der Waals surface area contributed by atoms with Crippen LogP contribution in [-0.4, -0.2) is 38.8 Å². The van der Waals surface area contributed by atoms with Crippen LogP contribution < -0.4 is 10.2 Å². The molecule has 1 aromatic carbocycles. The summed E-state index contributed by atoms with van der Waals surface area (Å²) in [6.45, 7) is 5.57. The minimum absolute atomic E-state index is 0.245. The van der Waals surface area contributed by atoms with Gasteiger partial charge in [0.25, 0.3) is 0 Å². The number of rotatable bonds is 8. The van der Waals surface area contributed by atoms with Crippen LogP contribution >= 0.6 is 0 Å². The molecule has 1 atom stereocenters. The molecule has 0 heterocycles. The fraction of sp³-hybridized carbons (Fsp3) is 0.533. The topological polar surface area (TPSA) is 41.6 Å². The predicted molar refractivity (Wildman–Crippen MR) is 78.4 cm³/mol. The van der Waals surface area contributed by atoms with Crippen molar-refractivity contribution in [1.82, 2.24) is 5.32 Å². The highest BCUT2D eigenvalue weighted by Gasteiger charge is 2.18. The molecular formula is C15H23FN2O2. The third-order valence-electron chi connectivity index (χ3n) is 3.16. The molecule has 0 radical (unpaired) electrons. The highest BCUT2D eigenvalue weighted by atomic mass is 19.1. The Hall–Kier alpha value is -1.62. The molecule has 0 aliphatic carbocycles. The lowest BCUT2D eigenvalue weighted by atomic mass is 10.2. The second kappa shape index (κ2) is 8.53. The van der Waals surface area contributed by atoms with E-state index in [2.05, 4.69) is 5.32 Å². The summed E-state index contributed by atoms with van der Waals surface area (Å²) in [6, 6.07) is 6.14. The van der Waals surface area contributed by atoms with E-state index in [0.717, 1.165) is 12.2 Å². The highest BCUT2D eigenvalue weighted by molar-refractivity contribution is 5.75. The van der Waals surface area contributed by atoms with Crippen molar-refractivity contribution in [3.8, 4) is 0 Å². The van der Waals surface area contributed by atoms with E-state index in [9.17, 15) is 9.18 Å². The number of carbonyl (C=O) groups is 1. The summed E-state index contributed by atoms with van der Waals surface area (Å²) in [5, 5.41) is 2.95. The number of halogens is 1. The van der Waals surface area contributed by atoms with Crippen molar-refractivity contribution in [3.63, 3.8) is 0 Å². The lowest BCUT2D eigenvalue weighted by molar-refractivity contribution is -0.145. The quantitative estimate of drug-likeness (QED) is 0.742. The SMILES string of the molecule is CCOC(=O)C(CCN(CC)c1cccc(F)c1)NC. The van der Waals surface area contributed by atoms with Gasteiger partial charge in [-0.15, -0.1) is 0 Å². The van der Waals surface area contributed by atoms with E-state index in [1.165, 1.54) is 12.1 Å². The molecular weight excluding hydrogens is 259 g/mol. The van der Waals surface area contributed by atoms with Crippen LogP contribution in [0.2, 0.25) is 0 Å². The summed E-state index contributed by atoms with van der Waals surface area (Å²) in [7, 11) is 1.74. The maximum Gasteiger partial charge on any atom is 0.323 e. The number of carbonyl (C=O) groups excluding carboxylic acids is 1. The third-order valence-corrected chi connectivity index (χ3v) is 3.16. The van der Waals surface area contributed by atoms with Crippen molar-refractivity contribution >= 4 is 11.7 Å². The summed E-state index contributed by atoms with van der Waals surface area (Å²) >= 11 is 0. The molecule has 1 aromatic rings. The molecule has 0 fully saturated rings. The molecule has 1 rings (SSSR count). The minimum Gasteiger partial charge on any atom is -0.465 e. The van der Waals surface area contributed by atoms with E-state index in [0.29, 0.717) is 19.6 Å². The van der Waals surface area contributed by atoms with E-state index >= 15 is 0 Å². The van der Waals surface area contributed by atoms with Crippen molar-refractivity contribution in [2.75, 3.05) is 31.6 Å². The number of nitrogens with zero attached hydrogens (tertiary/aromatic N) is 1. The van der Waals surface area contributed by atoms with Crippen molar-refractivity contribution in [1.29, 1.82) is 0 Å². The largest absolute Gasteiger partial charge is 0.465 e. The monoisotopic (exact) mass is 282 g/mol. The molecule has 0 saturated carbocycles. The summed E-state index contributed by atoms with van der Waals surface area (Å²) in [6.07, 6.45) is 0.611. The molecule has 0 amide bonds. The number of ether oxygens (including phenoxy) is 1. The van der Waals surface area contributed by atoms with Crippen LogP contribution in [0.5, 0.6) is 0 Å². The first kappa shape index (κ1) is 16.4. The van der Waals surface area contributed by atoms with Gasteiger partial charge in [0.2, 0.25) is 0 Å². The summed E-state index contributed by atoms with van der Waals surface area (Å²) < 4.78 is 18.3. The smallest absolute Gasteiger partial charge is 0.323 e. The number of benzene rings is 1. The third kappa shape index (κ3) is 4.81. The first-order valence-electron chi connectivity index (χ1n) is 6.96. The van der Waals surface area contributed by atoms with E-state index in [-0.39, 0.29) is 17.8 Å². The molecule has 0 aliphatic rings. The first-order valence-corrected chi connectivity index (χ1v) is 6.96. The van der Waals surface area contributed by atoms with Crippen molar-refractivity contribution in [3.05, 3.63) is 30.1 Å². The molecule has 112 valence electrons. The summed E-state index contributed by atoms with van der Waals surface area (Å²) in [5.74, 6) is -0.498. The Balaban J connectivity index is 2.62. The average molecular weight is 282 g/mol. The number of nitrogens with one attached hydrogen (secondary N) is 1. The number of esters is 1. The standard InChI is InChI=1S/C15H23FN2O2/c1-4-18(13-8-6-7-12(16)11-13)10-9-14(17-3)15(19)20-5-2/h6-8,11,14,17H,4-5,9-10H2,1-3H3. The normalized spacial score (nSPS) is 12.0. The minimum atomic E-state index is -0.336. The number of hydrogen-bond donors (Lipinski definition) is 1. The van der Waals surface area contributed by atoms with Gasteiger partial charge in [-0.3, -0.25) is 4.79 Å². The van der Waals surface area contributed by atoms with Gasteiger partial charge in [-0.05, 0) is 45.5 Å². The molecule has 20 heavy (non-hydrogen) atoms. The van der Waals surface area contributed by atoms with Crippen molar-refractivity contribution in [2.45, 2.75) is 26.3 Å². The van der Waals surface area contributed by atoms with Gasteiger partial charge in [0.15, 0.2) is 0 Å². The second-order valence-electron chi connectivity index (χ2n) is 4.44. The van der Waals surface area contributed by atoms with Crippen molar-refractivity contribution in [2.24, 2.45) is 0 Å². The zero-order valence-electron chi connectivity index (χ0n) is 12.4. The van der Waals surface area contributed by atoms with Gasteiger partial charge in [0.05, 0.1) is 6.61 Å². The van der Waals surface area contributed by atoms with Crippen LogP contribution in [0.1, 0.15) is 20.3 Å². The molecule has 0 aromatic heterocycles. The van der Waals surface area contributed by atoms with Gasteiger partial charge in [-0.1, -0.05) is 6.07 Å². The molecule has 0 bridgehead atoms. The van der Waals surface area contributed by atoms with Crippen LogP contribution in [0.25, 0.3) is 0 Å². The molecule has 0 spiro atoms. The molecule has 1 unspecified atom stereocenters. The zero-order valence-corrected chi connectivity index (χ0v) is 12.4. The zero-order chi connectivity index (χ0) is 15.0.